The van der Waals surface area contributed by atoms with E-state index >= 15 is 0 Å². The molecule has 0 atom stereocenters. The standard InChI is InChI=1S/C16H12ClNO2/c1-2-18-12-8-4-6-10-14(12)16(20)13-9(15(10)19)5-3-7-11(13)17/h3-8,18H,2H2,1H3. The molecule has 1 aliphatic carbocycles. The molecule has 2 aromatic carbocycles. The van der Waals surface area contributed by atoms with Crippen LogP contribution in [0.5, 0.6) is 0 Å². The van der Waals surface area contributed by atoms with Gasteiger partial charge in [-0.3, -0.25) is 9.59 Å². The monoisotopic (exact) mass is 285 g/mol. The normalized spacial score (nSPS) is 12.9. The highest BCUT2D eigenvalue weighted by molar-refractivity contribution is 6.39. The third-order valence-corrected chi connectivity index (χ3v) is 3.70. The van der Waals surface area contributed by atoms with Crippen molar-refractivity contribution in [3.05, 3.63) is 63.7 Å². The molecule has 3 rings (SSSR count). The quantitative estimate of drug-likeness (QED) is 0.783. The second kappa shape index (κ2) is 4.76. The first-order valence-corrected chi connectivity index (χ1v) is 6.77. The minimum atomic E-state index is -0.197. The molecule has 0 saturated heterocycles. The molecule has 0 spiro atoms. The zero-order valence-electron chi connectivity index (χ0n) is 10.9. The molecule has 0 aliphatic heterocycles. The fraction of sp³-hybridized carbons (Fsp3) is 0.125. The van der Waals surface area contributed by atoms with Crippen LogP contribution >= 0.6 is 11.6 Å². The number of nitrogens with one attached hydrogen (secondary N) is 1. The topological polar surface area (TPSA) is 46.2 Å². The predicted octanol–water partition coefficient (Wildman–Crippen LogP) is 3.55. The molecule has 0 radical (unpaired) electrons. The molecule has 2 aromatic rings. The summed E-state index contributed by atoms with van der Waals surface area (Å²) in [6.07, 6.45) is 0. The van der Waals surface area contributed by atoms with E-state index in [2.05, 4.69) is 5.32 Å². The van der Waals surface area contributed by atoms with Crippen molar-refractivity contribution in [2.45, 2.75) is 6.92 Å². The number of anilines is 1. The van der Waals surface area contributed by atoms with Gasteiger partial charge in [-0.05, 0) is 19.1 Å². The van der Waals surface area contributed by atoms with Gasteiger partial charge in [0.2, 0.25) is 0 Å². The van der Waals surface area contributed by atoms with Gasteiger partial charge < -0.3 is 5.32 Å². The summed E-state index contributed by atoms with van der Waals surface area (Å²) < 4.78 is 0. The van der Waals surface area contributed by atoms with Crippen LogP contribution in [0.25, 0.3) is 0 Å². The van der Waals surface area contributed by atoms with Gasteiger partial charge in [-0.25, -0.2) is 0 Å². The second-order valence-electron chi connectivity index (χ2n) is 4.58. The first-order valence-electron chi connectivity index (χ1n) is 6.40. The molecule has 0 saturated carbocycles. The molecule has 0 heterocycles. The molecule has 0 amide bonds. The minimum Gasteiger partial charge on any atom is -0.385 e. The van der Waals surface area contributed by atoms with E-state index in [0.29, 0.717) is 39.5 Å². The number of hydrogen-bond acceptors (Lipinski definition) is 3. The highest BCUT2D eigenvalue weighted by Gasteiger charge is 2.32. The van der Waals surface area contributed by atoms with E-state index in [1.54, 1.807) is 36.4 Å². The van der Waals surface area contributed by atoms with Crippen molar-refractivity contribution in [1.29, 1.82) is 0 Å². The number of carbonyl (C=O) groups excluding carboxylic acids is 2. The minimum absolute atomic E-state index is 0.156. The van der Waals surface area contributed by atoms with Crippen molar-refractivity contribution >= 4 is 28.9 Å². The van der Waals surface area contributed by atoms with Crippen molar-refractivity contribution in [3.8, 4) is 0 Å². The van der Waals surface area contributed by atoms with E-state index in [1.165, 1.54) is 0 Å². The lowest BCUT2D eigenvalue weighted by Gasteiger charge is -2.21. The average molecular weight is 286 g/mol. The van der Waals surface area contributed by atoms with Crippen molar-refractivity contribution in [2.75, 3.05) is 11.9 Å². The van der Waals surface area contributed by atoms with Crippen LogP contribution in [0.4, 0.5) is 5.69 Å². The Kier molecular flexibility index (Phi) is 3.07. The number of ketones is 2. The molecule has 1 aliphatic rings. The maximum Gasteiger partial charge on any atom is 0.198 e. The molecule has 0 bridgehead atoms. The van der Waals surface area contributed by atoms with Gasteiger partial charge in [-0.15, -0.1) is 0 Å². The van der Waals surface area contributed by atoms with Gasteiger partial charge >= 0.3 is 0 Å². The molecular formula is C16H12ClNO2. The van der Waals surface area contributed by atoms with Gasteiger partial charge in [0, 0.05) is 23.4 Å². The van der Waals surface area contributed by atoms with Crippen LogP contribution < -0.4 is 5.32 Å². The fourth-order valence-electron chi connectivity index (χ4n) is 2.54. The van der Waals surface area contributed by atoms with Crippen LogP contribution in [0.3, 0.4) is 0 Å². The summed E-state index contributed by atoms with van der Waals surface area (Å²) in [5.74, 6) is -0.353. The van der Waals surface area contributed by atoms with E-state index in [1.807, 2.05) is 6.92 Å². The summed E-state index contributed by atoms with van der Waals surface area (Å²) in [6, 6.07) is 10.2. The summed E-state index contributed by atoms with van der Waals surface area (Å²) in [7, 11) is 0. The van der Waals surface area contributed by atoms with Crippen molar-refractivity contribution in [1.82, 2.24) is 0 Å². The van der Waals surface area contributed by atoms with Crippen LogP contribution in [0.15, 0.2) is 36.4 Å². The summed E-state index contributed by atoms with van der Waals surface area (Å²) in [5, 5.41) is 3.44. The Morgan fingerprint density at radius 1 is 0.950 bits per heavy atom. The Balaban J connectivity index is 2.30. The third kappa shape index (κ3) is 1.74. The predicted molar refractivity (Wildman–Crippen MR) is 78.9 cm³/mol. The molecule has 20 heavy (non-hydrogen) atoms. The van der Waals surface area contributed by atoms with Crippen molar-refractivity contribution < 1.29 is 9.59 Å². The molecule has 4 heteroatoms. The van der Waals surface area contributed by atoms with E-state index in [9.17, 15) is 9.59 Å². The van der Waals surface area contributed by atoms with Crippen LogP contribution in [-0.4, -0.2) is 18.1 Å². The average Bonchev–Trinajstić information content (AvgIpc) is 2.45. The van der Waals surface area contributed by atoms with E-state index < -0.39 is 0 Å². The molecule has 0 aromatic heterocycles. The molecular weight excluding hydrogens is 274 g/mol. The van der Waals surface area contributed by atoms with Gasteiger partial charge in [0.25, 0.3) is 0 Å². The second-order valence-corrected chi connectivity index (χ2v) is 4.99. The number of halogens is 1. The number of benzene rings is 2. The lowest BCUT2D eigenvalue weighted by atomic mass is 9.83. The van der Waals surface area contributed by atoms with Gasteiger partial charge in [0.15, 0.2) is 11.6 Å². The van der Waals surface area contributed by atoms with Crippen molar-refractivity contribution in [3.63, 3.8) is 0 Å². The highest BCUT2D eigenvalue weighted by Crippen LogP contribution is 2.34. The maximum absolute atomic E-state index is 12.7. The Morgan fingerprint density at radius 3 is 2.30 bits per heavy atom. The highest BCUT2D eigenvalue weighted by atomic mass is 35.5. The van der Waals surface area contributed by atoms with Gasteiger partial charge in [-0.2, -0.15) is 0 Å². The number of fused-ring (bicyclic) bond motifs is 2. The first kappa shape index (κ1) is 12.9. The van der Waals surface area contributed by atoms with E-state index in [0.717, 1.165) is 0 Å². The zero-order valence-corrected chi connectivity index (χ0v) is 11.6. The molecule has 1 N–H and O–H groups in total. The van der Waals surface area contributed by atoms with Crippen LogP contribution in [0, 0.1) is 0 Å². The van der Waals surface area contributed by atoms with E-state index in [4.69, 9.17) is 11.6 Å². The Morgan fingerprint density at radius 2 is 1.60 bits per heavy atom. The summed E-state index contributed by atoms with van der Waals surface area (Å²) in [6.45, 7) is 2.61. The van der Waals surface area contributed by atoms with Crippen LogP contribution in [0.2, 0.25) is 5.02 Å². The lowest BCUT2D eigenvalue weighted by molar-refractivity contribution is 0.0979. The largest absolute Gasteiger partial charge is 0.385 e. The summed E-state index contributed by atoms with van der Waals surface area (Å²) in [4.78, 5) is 25.2. The number of carbonyl (C=O) groups is 2. The van der Waals surface area contributed by atoms with Crippen LogP contribution in [-0.2, 0) is 0 Å². The molecule has 0 unspecified atom stereocenters. The SMILES string of the molecule is CCNc1cccc2c1C(=O)c1c(Cl)cccc1C2=O. The molecule has 100 valence electrons. The fourth-order valence-corrected chi connectivity index (χ4v) is 2.80. The maximum atomic E-state index is 12.7. The molecule has 0 fully saturated rings. The smallest absolute Gasteiger partial charge is 0.198 e. The van der Waals surface area contributed by atoms with Gasteiger partial charge in [0.1, 0.15) is 0 Å². The first-order chi connectivity index (χ1) is 9.65. The van der Waals surface area contributed by atoms with Gasteiger partial charge in [-0.1, -0.05) is 35.9 Å². The Labute approximate surface area is 121 Å². The van der Waals surface area contributed by atoms with Gasteiger partial charge in [0.05, 0.1) is 16.1 Å². The lowest BCUT2D eigenvalue weighted by Crippen LogP contribution is -2.23. The van der Waals surface area contributed by atoms with Crippen LogP contribution in [0.1, 0.15) is 38.8 Å². The van der Waals surface area contributed by atoms with E-state index in [-0.39, 0.29) is 11.6 Å². The summed E-state index contributed by atoms with van der Waals surface area (Å²) in [5.41, 5.74) is 2.21. The third-order valence-electron chi connectivity index (χ3n) is 3.39. The zero-order chi connectivity index (χ0) is 14.3. The number of rotatable bonds is 2. The van der Waals surface area contributed by atoms with Crippen molar-refractivity contribution in [2.24, 2.45) is 0 Å². The summed E-state index contributed by atoms with van der Waals surface area (Å²) >= 11 is 6.10. The Hall–Kier alpha value is -2.13. The Bertz CT molecular complexity index is 737. The number of hydrogen-bond donors (Lipinski definition) is 1. The molecule has 3 nitrogen and oxygen atoms in total.